The highest BCUT2D eigenvalue weighted by molar-refractivity contribution is 14.1. The summed E-state index contributed by atoms with van der Waals surface area (Å²) >= 11 is 2.13. The minimum Gasteiger partial charge on any atom is -0.479 e. The molecular weight excluding hydrogens is 529 g/mol. The fourth-order valence-corrected chi connectivity index (χ4v) is 4.59. The Balaban J connectivity index is 1.86. The molecule has 0 unspecified atom stereocenters. The van der Waals surface area contributed by atoms with Crippen LogP contribution in [0.3, 0.4) is 0 Å². The number of nitrogens with zero attached hydrogens (tertiary/aromatic N) is 3. The molecule has 3 heterocycles. The fourth-order valence-electron chi connectivity index (χ4n) is 2.93. The number of hydrogen-bond donors (Lipinski definition) is 1. The van der Waals surface area contributed by atoms with E-state index in [-0.39, 0.29) is 11.6 Å². The molecule has 30 heavy (non-hydrogen) atoms. The van der Waals surface area contributed by atoms with Crippen molar-refractivity contribution in [1.29, 1.82) is 0 Å². The largest absolute Gasteiger partial charge is 0.479 e. The van der Waals surface area contributed by atoms with E-state index in [4.69, 9.17) is 4.74 Å². The number of sulfonamides is 1. The third kappa shape index (κ3) is 3.69. The minimum atomic E-state index is -4.40. The lowest BCUT2D eigenvalue weighted by Gasteiger charge is -2.16. The topological polar surface area (TPSA) is 85.6 Å². The Morgan fingerprint density at radius 2 is 1.93 bits per heavy atom. The SMILES string of the molecule is COc1nccc(-c2ccc3ncc(I)n3c2)c1NS(=O)(=O)c1ccc(F)cc1F. The predicted octanol–water partition coefficient (Wildman–Crippen LogP) is 4.09. The van der Waals surface area contributed by atoms with Crippen LogP contribution in [0, 0.1) is 15.3 Å². The lowest BCUT2D eigenvalue weighted by molar-refractivity contribution is 0.400. The number of aromatic nitrogens is 3. The molecule has 0 aliphatic carbocycles. The van der Waals surface area contributed by atoms with Gasteiger partial charge in [-0.15, -0.1) is 0 Å². The van der Waals surface area contributed by atoms with Gasteiger partial charge in [-0.1, -0.05) is 0 Å². The molecule has 1 aromatic carbocycles. The quantitative estimate of drug-likeness (QED) is 0.385. The van der Waals surface area contributed by atoms with Gasteiger partial charge in [0.1, 0.15) is 31.6 Å². The Morgan fingerprint density at radius 1 is 1.13 bits per heavy atom. The lowest BCUT2D eigenvalue weighted by Crippen LogP contribution is -2.16. The second kappa shape index (κ2) is 7.80. The number of imidazole rings is 1. The molecule has 0 radical (unpaired) electrons. The third-order valence-corrected chi connectivity index (χ3v) is 6.48. The Labute approximate surface area is 183 Å². The molecule has 0 aliphatic heterocycles. The van der Waals surface area contributed by atoms with Crippen molar-refractivity contribution in [1.82, 2.24) is 14.4 Å². The molecule has 0 fully saturated rings. The number of halogens is 3. The first-order valence-electron chi connectivity index (χ1n) is 8.44. The van der Waals surface area contributed by atoms with Crippen molar-refractivity contribution in [3.8, 4) is 17.0 Å². The first-order valence-corrected chi connectivity index (χ1v) is 11.0. The van der Waals surface area contributed by atoms with E-state index in [9.17, 15) is 17.2 Å². The van der Waals surface area contributed by atoms with Crippen LogP contribution in [0.2, 0.25) is 0 Å². The van der Waals surface area contributed by atoms with Crippen molar-refractivity contribution in [2.24, 2.45) is 0 Å². The van der Waals surface area contributed by atoms with E-state index in [0.717, 1.165) is 21.5 Å². The van der Waals surface area contributed by atoms with Crippen LogP contribution < -0.4 is 9.46 Å². The van der Waals surface area contributed by atoms with Crippen LogP contribution in [0.5, 0.6) is 5.88 Å². The average molecular weight is 542 g/mol. The first-order chi connectivity index (χ1) is 14.3. The third-order valence-electron chi connectivity index (χ3n) is 4.30. The molecule has 0 saturated heterocycles. The van der Waals surface area contributed by atoms with Crippen LogP contribution in [-0.4, -0.2) is 29.9 Å². The standard InChI is InChI=1S/C19H13F2IN4O3S/c1-29-19-18(25-30(27,28)15-4-3-12(20)8-14(15)21)13(6-7-23-19)11-2-5-17-24-9-16(22)26(17)10-11/h2-10,25H,1H3. The summed E-state index contributed by atoms with van der Waals surface area (Å²) in [7, 11) is -3.06. The maximum atomic E-state index is 14.1. The van der Waals surface area contributed by atoms with Crippen molar-refractivity contribution in [3.63, 3.8) is 0 Å². The molecule has 0 aliphatic rings. The Morgan fingerprint density at radius 3 is 2.67 bits per heavy atom. The van der Waals surface area contributed by atoms with Gasteiger partial charge < -0.3 is 4.74 Å². The molecule has 0 bridgehead atoms. The molecule has 0 amide bonds. The summed E-state index contributed by atoms with van der Waals surface area (Å²) in [5, 5.41) is 0. The molecule has 4 rings (SSSR count). The molecule has 0 saturated carbocycles. The molecule has 3 aromatic heterocycles. The number of benzene rings is 1. The number of methoxy groups -OCH3 is 1. The zero-order valence-electron chi connectivity index (χ0n) is 15.3. The monoisotopic (exact) mass is 542 g/mol. The molecule has 154 valence electrons. The normalized spacial score (nSPS) is 11.6. The number of hydrogen-bond acceptors (Lipinski definition) is 5. The zero-order chi connectivity index (χ0) is 21.5. The van der Waals surface area contributed by atoms with Crippen LogP contribution in [0.1, 0.15) is 0 Å². The Bertz CT molecular complexity index is 1380. The van der Waals surface area contributed by atoms with E-state index in [1.807, 2.05) is 4.40 Å². The van der Waals surface area contributed by atoms with Gasteiger partial charge in [0, 0.05) is 29.6 Å². The molecule has 4 aromatic rings. The van der Waals surface area contributed by atoms with Crippen molar-refractivity contribution >= 4 is 43.9 Å². The Kier molecular flexibility index (Phi) is 5.32. The van der Waals surface area contributed by atoms with Crippen molar-refractivity contribution in [2.75, 3.05) is 11.8 Å². The predicted molar refractivity (Wildman–Crippen MR) is 115 cm³/mol. The van der Waals surface area contributed by atoms with Crippen LogP contribution in [0.15, 0.2) is 59.9 Å². The first kappa shape index (κ1) is 20.5. The Hall–Kier alpha value is -2.80. The number of anilines is 1. The maximum Gasteiger partial charge on any atom is 0.265 e. The average Bonchev–Trinajstić information content (AvgIpc) is 3.08. The number of ether oxygens (including phenoxy) is 1. The molecule has 0 spiro atoms. The second-order valence-electron chi connectivity index (χ2n) is 6.15. The minimum absolute atomic E-state index is 0.000908. The summed E-state index contributed by atoms with van der Waals surface area (Å²) in [6, 6.07) is 7.38. The van der Waals surface area contributed by atoms with Gasteiger partial charge in [-0.3, -0.25) is 9.12 Å². The van der Waals surface area contributed by atoms with Crippen LogP contribution >= 0.6 is 22.6 Å². The summed E-state index contributed by atoms with van der Waals surface area (Å²) in [5.41, 5.74) is 1.86. The smallest absolute Gasteiger partial charge is 0.265 e. The molecule has 0 atom stereocenters. The molecule has 7 nitrogen and oxygen atoms in total. The van der Waals surface area contributed by atoms with E-state index < -0.39 is 26.6 Å². The summed E-state index contributed by atoms with van der Waals surface area (Å²) in [5.74, 6) is -2.09. The van der Waals surface area contributed by atoms with Crippen molar-refractivity contribution in [3.05, 3.63) is 70.3 Å². The van der Waals surface area contributed by atoms with Gasteiger partial charge in [-0.2, -0.15) is 0 Å². The van der Waals surface area contributed by atoms with E-state index >= 15 is 0 Å². The van der Waals surface area contributed by atoms with Gasteiger partial charge in [0.15, 0.2) is 0 Å². The van der Waals surface area contributed by atoms with E-state index in [1.165, 1.54) is 13.3 Å². The summed E-state index contributed by atoms with van der Waals surface area (Å²) < 4.78 is 63.3. The second-order valence-corrected chi connectivity index (χ2v) is 8.91. The van der Waals surface area contributed by atoms with Gasteiger partial charge in [-0.25, -0.2) is 27.2 Å². The van der Waals surface area contributed by atoms with Crippen LogP contribution in [-0.2, 0) is 10.0 Å². The maximum absolute atomic E-state index is 14.1. The lowest BCUT2D eigenvalue weighted by atomic mass is 10.1. The molecule has 11 heteroatoms. The number of fused-ring (bicyclic) bond motifs is 1. The van der Waals surface area contributed by atoms with Crippen molar-refractivity contribution < 1.29 is 21.9 Å². The number of rotatable bonds is 5. The van der Waals surface area contributed by atoms with Gasteiger partial charge in [0.05, 0.1) is 13.3 Å². The van der Waals surface area contributed by atoms with Gasteiger partial charge >= 0.3 is 0 Å². The van der Waals surface area contributed by atoms with Crippen LogP contribution in [0.4, 0.5) is 14.5 Å². The highest BCUT2D eigenvalue weighted by Crippen LogP contribution is 2.36. The van der Waals surface area contributed by atoms with Crippen LogP contribution in [0.25, 0.3) is 16.8 Å². The van der Waals surface area contributed by atoms with Gasteiger partial charge in [-0.05, 0) is 52.9 Å². The van der Waals surface area contributed by atoms with Gasteiger partial charge in [0.25, 0.3) is 10.0 Å². The number of pyridine rings is 2. The molecule has 1 N–H and O–H groups in total. The highest BCUT2D eigenvalue weighted by atomic mass is 127. The van der Waals surface area contributed by atoms with E-state index in [1.54, 1.807) is 30.6 Å². The van der Waals surface area contributed by atoms with E-state index in [2.05, 4.69) is 37.3 Å². The zero-order valence-corrected chi connectivity index (χ0v) is 18.3. The summed E-state index contributed by atoms with van der Waals surface area (Å²) in [4.78, 5) is 7.61. The van der Waals surface area contributed by atoms with Crippen molar-refractivity contribution in [2.45, 2.75) is 4.90 Å². The molecular formula is C19H13F2IN4O3S. The highest BCUT2D eigenvalue weighted by Gasteiger charge is 2.24. The summed E-state index contributed by atoms with van der Waals surface area (Å²) in [6.07, 6.45) is 4.95. The van der Waals surface area contributed by atoms with Gasteiger partial charge in [0.2, 0.25) is 5.88 Å². The fraction of sp³-hybridized carbons (Fsp3) is 0.0526. The number of nitrogens with one attached hydrogen (secondary N) is 1. The van der Waals surface area contributed by atoms with E-state index in [0.29, 0.717) is 17.2 Å². The summed E-state index contributed by atoms with van der Waals surface area (Å²) in [6.45, 7) is 0.